The molecule has 0 radical (unpaired) electrons. The number of methoxy groups -OCH3 is 1. The molecule has 120 valence electrons. The van der Waals surface area contributed by atoms with Crippen LogP contribution in [0.3, 0.4) is 0 Å². The molecule has 0 heterocycles. The van der Waals surface area contributed by atoms with Crippen molar-refractivity contribution in [3.05, 3.63) is 35.4 Å². The molecule has 1 rings (SSSR count). The highest BCUT2D eigenvalue weighted by molar-refractivity contribution is 5.25. The third kappa shape index (κ3) is 6.60. The van der Waals surface area contributed by atoms with E-state index >= 15 is 0 Å². The van der Waals surface area contributed by atoms with Crippen LogP contribution in [0.1, 0.15) is 44.7 Å². The molecular formula is C18H32N2O. The molecule has 0 aromatic heterocycles. The summed E-state index contributed by atoms with van der Waals surface area (Å²) in [6.07, 6.45) is 0. The Labute approximate surface area is 130 Å². The molecule has 0 aliphatic carbocycles. The lowest BCUT2D eigenvalue weighted by atomic mass is 9.99. The zero-order chi connectivity index (χ0) is 15.7. The van der Waals surface area contributed by atoms with Crippen LogP contribution < -0.4 is 5.32 Å². The van der Waals surface area contributed by atoms with Gasteiger partial charge in [-0.3, -0.25) is 4.90 Å². The molecule has 1 aromatic rings. The molecule has 3 nitrogen and oxygen atoms in total. The Balaban J connectivity index is 2.59. The lowest BCUT2D eigenvalue weighted by molar-refractivity contribution is 0.125. The van der Waals surface area contributed by atoms with Crippen molar-refractivity contribution in [1.29, 1.82) is 0 Å². The molecule has 3 heteroatoms. The van der Waals surface area contributed by atoms with Gasteiger partial charge < -0.3 is 10.1 Å². The zero-order valence-electron chi connectivity index (χ0n) is 14.4. The van der Waals surface area contributed by atoms with E-state index < -0.39 is 0 Å². The fraction of sp³-hybridized carbons (Fsp3) is 0.667. The van der Waals surface area contributed by atoms with E-state index in [1.807, 2.05) is 0 Å². The Morgan fingerprint density at radius 3 is 2.33 bits per heavy atom. The maximum atomic E-state index is 5.20. The Kier molecular flexibility index (Phi) is 8.58. The van der Waals surface area contributed by atoms with Gasteiger partial charge in [-0.15, -0.1) is 0 Å². The van der Waals surface area contributed by atoms with E-state index in [9.17, 15) is 0 Å². The van der Waals surface area contributed by atoms with Gasteiger partial charge >= 0.3 is 0 Å². The molecule has 21 heavy (non-hydrogen) atoms. The van der Waals surface area contributed by atoms with Crippen LogP contribution in [0.5, 0.6) is 0 Å². The quantitative estimate of drug-likeness (QED) is 0.716. The summed E-state index contributed by atoms with van der Waals surface area (Å²) in [5, 5.41) is 3.41. The second-order valence-corrected chi connectivity index (χ2v) is 6.01. The van der Waals surface area contributed by atoms with Crippen molar-refractivity contribution in [3.8, 4) is 0 Å². The van der Waals surface area contributed by atoms with E-state index in [-0.39, 0.29) is 0 Å². The van der Waals surface area contributed by atoms with Gasteiger partial charge in [0, 0.05) is 32.8 Å². The summed E-state index contributed by atoms with van der Waals surface area (Å²) in [6.45, 7) is 13.7. The van der Waals surface area contributed by atoms with E-state index in [1.165, 1.54) is 11.1 Å². The number of likely N-dealkylation sites (N-methyl/N-ethyl adjacent to an activating group) is 1. The molecule has 0 saturated heterocycles. The highest BCUT2D eigenvalue weighted by atomic mass is 16.5. The molecule has 1 atom stereocenters. The van der Waals surface area contributed by atoms with Gasteiger partial charge in [0.15, 0.2) is 0 Å². The Bertz CT molecular complexity index is 375. The number of nitrogens with one attached hydrogen (secondary N) is 1. The highest BCUT2D eigenvalue weighted by Crippen LogP contribution is 2.16. The fourth-order valence-electron chi connectivity index (χ4n) is 2.39. The summed E-state index contributed by atoms with van der Waals surface area (Å²) in [5.41, 5.74) is 2.78. The predicted molar refractivity (Wildman–Crippen MR) is 90.8 cm³/mol. The smallest absolute Gasteiger partial charge is 0.0589 e. The van der Waals surface area contributed by atoms with Crippen molar-refractivity contribution in [3.63, 3.8) is 0 Å². The molecule has 0 bridgehead atoms. The maximum Gasteiger partial charge on any atom is 0.0589 e. The van der Waals surface area contributed by atoms with E-state index in [0.29, 0.717) is 12.0 Å². The van der Waals surface area contributed by atoms with Crippen LogP contribution in [0.15, 0.2) is 24.3 Å². The van der Waals surface area contributed by atoms with Crippen LogP contribution >= 0.6 is 0 Å². The molecule has 0 amide bonds. The lowest BCUT2D eigenvalue weighted by Crippen LogP contribution is -2.33. The van der Waals surface area contributed by atoms with E-state index in [1.54, 1.807) is 7.11 Å². The van der Waals surface area contributed by atoms with Gasteiger partial charge in [-0.05, 0) is 37.4 Å². The van der Waals surface area contributed by atoms with Gasteiger partial charge in [-0.2, -0.15) is 0 Å². The number of benzene rings is 1. The average molecular weight is 292 g/mol. The number of rotatable bonds is 10. The van der Waals surface area contributed by atoms with Gasteiger partial charge in [-0.25, -0.2) is 0 Å². The number of nitrogens with zero attached hydrogens (tertiary/aromatic N) is 1. The van der Waals surface area contributed by atoms with Crippen LogP contribution in [0.2, 0.25) is 0 Å². The molecule has 0 spiro atoms. The van der Waals surface area contributed by atoms with E-state index in [2.05, 4.69) is 62.2 Å². The first-order valence-electron chi connectivity index (χ1n) is 8.11. The molecule has 1 N–H and O–H groups in total. The van der Waals surface area contributed by atoms with Crippen LogP contribution in [0.25, 0.3) is 0 Å². The van der Waals surface area contributed by atoms with Gasteiger partial charge in [0.2, 0.25) is 0 Å². The number of hydrogen-bond acceptors (Lipinski definition) is 3. The summed E-state index contributed by atoms with van der Waals surface area (Å²) in [6, 6.07) is 9.60. The van der Waals surface area contributed by atoms with Crippen LogP contribution in [0.4, 0.5) is 0 Å². The monoisotopic (exact) mass is 292 g/mol. The van der Waals surface area contributed by atoms with Crippen molar-refractivity contribution >= 4 is 0 Å². The second kappa shape index (κ2) is 9.93. The van der Waals surface area contributed by atoms with Crippen molar-refractivity contribution in [2.45, 2.75) is 46.2 Å². The zero-order valence-corrected chi connectivity index (χ0v) is 14.4. The summed E-state index contributed by atoms with van der Waals surface area (Å²) in [5.74, 6) is 0.564. The van der Waals surface area contributed by atoms with Gasteiger partial charge in [0.1, 0.15) is 0 Å². The molecule has 0 aliphatic rings. The number of hydrogen-bond donors (Lipinski definition) is 1. The van der Waals surface area contributed by atoms with Crippen molar-refractivity contribution in [2.75, 3.05) is 33.4 Å². The molecule has 0 saturated carbocycles. The summed E-state index contributed by atoms with van der Waals surface area (Å²) < 4.78 is 5.20. The average Bonchev–Trinajstić information content (AvgIpc) is 2.49. The summed E-state index contributed by atoms with van der Waals surface area (Å²) in [7, 11) is 1.76. The minimum Gasteiger partial charge on any atom is -0.383 e. The summed E-state index contributed by atoms with van der Waals surface area (Å²) in [4.78, 5) is 2.45. The Hall–Kier alpha value is -0.900. The highest BCUT2D eigenvalue weighted by Gasteiger charge is 2.10. The lowest BCUT2D eigenvalue weighted by Gasteiger charge is -2.26. The van der Waals surface area contributed by atoms with E-state index in [4.69, 9.17) is 4.74 Å². The minimum absolute atomic E-state index is 0.535. The fourth-order valence-corrected chi connectivity index (χ4v) is 2.39. The minimum atomic E-state index is 0.535. The van der Waals surface area contributed by atoms with Gasteiger partial charge in [0.25, 0.3) is 0 Å². The van der Waals surface area contributed by atoms with Crippen molar-refractivity contribution < 1.29 is 4.74 Å². The first kappa shape index (κ1) is 18.1. The Morgan fingerprint density at radius 2 is 1.81 bits per heavy atom. The standard InChI is InChI=1S/C18H32N2O/c1-6-19-13-16(4)18-9-7-17(8-10-18)14-20(15(2)3)11-12-21-5/h7-10,15-16,19H,6,11-14H2,1-5H3. The normalized spacial score (nSPS) is 13.1. The maximum absolute atomic E-state index is 5.20. The third-order valence-corrected chi connectivity index (χ3v) is 3.95. The molecule has 0 aliphatic heterocycles. The van der Waals surface area contributed by atoms with Crippen molar-refractivity contribution in [2.24, 2.45) is 0 Å². The van der Waals surface area contributed by atoms with Gasteiger partial charge in [0.05, 0.1) is 6.61 Å². The largest absolute Gasteiger partial charge is 0.383 e. The molecule has 1 unspecified atom stereocenters. The molecule has 1 aromatic carbocycles. The van der Waals surface area contributed by atoms with Crippen LogP contribution in [0, 0.1) is 0 Å². The van der Waals surface area contributed by atoms with E-state index in [0.717, 1.165) is 32.8 Å². The Morgan fingerprint density at radius 1 is 1.14 bits per heavy atom. The topological polar surface area (TPSA) is 24.5 Å². The SMILES string of the molecule is CCNCC(C)c1ccc(CN(CCOC)C(C)C)cc1. The van der Waals surface area contributed by atoms with Crippen LogP contribution in [-0.2, 0) is 11.3 Å². The molecule has 0 fully saturated rings. The summed E-state index contributed by atoms with van der Waals surface area (Å²) >= 11 is 0. The first-order valence-corrected chi connectivity index (χ1v) is 8.11. The third-order valence-electron chi connectivity index (χ3n) is 3.95. The van der Waals surface area contributed by atoms with Crippen molar-refractivity contribution in [1.82, 2.24) is 10.2 Å². The number of ether oxygens (including phenoxy) is 1. The first-order chi connectivity index (χ1) is 10.1. The van der Waals surface area contributed by atoms with Gasteiger partial charge in [-0.1, -0.05) is 38.1 Å². The predicted octanol–water partition coefficient (Wildman–Crippen LogP) is 3.26. The molecular weight excluding hydrogens is 260 g/mol. The second-order valence-electron chi connectivity index (χ2n) is 6.01. The van der Waals surface area contributed by atoms with Crippen LogP contribution in [-0.4, -0.2) is 44.3 Å².